The van der Waals surface area contributed by atoms with Crippen LogP contribution >= 0.6 is 23.6 Å². The summed E-state index contributed by atoms with van der Waals surface area (Å²) >= 11 is 7.55. The zero-order chi connectivity index (χ0) is 18.9. The van der Waals surface area contributed by atoms with Crippen LogP contribution in [0.3, 0.4) is 0 Å². The van der Waals surface area contributed by atoms with Crippen molar-refractivity contribution >= 4 is 38.9 Å². The number of nitrogens with one attached hydrogen (secondary N) is 1. The SMILES string of the molecule is S=C(NCc1ccc2c(c1)OCO2)N1CCCC[C@H]1c1nc2ccccc2s1. The lowest BCUT2D eigenvalue weighted by atomic mass is 10.0. The van der Waals surface area contributed by atoms with Gasteiger partial charge < -0.3 is 19.7 Å². The average molecular weight is 412 g/mol. The molecule has 1 saturated heterocycles. The van der Waals surface area contributed by atoms with Crippen LogP contribution < -0.4 is 14.8 Å². The molecule has 3 aromatic rings. The number of thiazole rings is 1. The zero-order valence-corrected chi connectivity index (χ0v) is 17.0. The van der Waals surface area contributed by atoms with Crippen LogP contribution in [-0.2, 0) is 6.54 Å². The Morgan fingerprint density at radius 2 is 2.07 bits per heavy atom. The van der Waals surface area contributed by atoms with Crippen LogP contribution in [0, 0.1) is 0 Å². The Hall–Kier alpha value is -2.38. The van der Waals surface area contributed by atoms with Crippen LogP contribution in [0.15, 0.2) is 42.5 Å². The van der Waals surface area contributed by atoms with Gasteiger partial charge >= 0.3 is 0 Å². The number of likely N-dealkylation sites (tertiary alicyclic amines) is 1. The standard InChI is InChI=1S/C21H21N3O2S2/c27-21(22-12-14-8-9-17-18(11-14)26-13-25-17)24-10-4-3-6-16(24)20-23-15-5-1-2-7-19(15)28-20/h1-2,5,7-9,11,16H,3-4,6,10,12-13H2,(H,22,27)/t16-/m0/s1. The molecule has 0 aliphatic carbocycles. The largest absolute Gasteiger partial charge is 0.454 e. The van der Waals surface area contributed by atoms with Gasteiger partial charge in [-0.25, -0.2) is 4.98 Å². The molecule has 2 aliphatic heterocycles. The van der Waals surface area contributed by atoms with Gasteiger partial charge in [-0.3, -0.25) is 0 Å². The number of benzene rings is 2. The van der Waals surface area contributed by atoms with Crippen LogP contribution in [-0.4, -0.2) is 28.3 Å². The fourth-order valence-corrected chi connectivity index (χ4v) is 5.20. The smallest absolute Gasteiger partial charge is 0.231 e. The number of hydrogen-bond acceptors (Lipinski definition) is 5. The molecule has 7 heteroatoms. The van der Waals surface area contributed by atoms with Gasteiger partial charge in [-0.15, -0.1) is 11.3 Å². The van der Waals surface area contributed by atoms with E-state index in [1.165, 1.54) is 11.1 Å². The Balaban J connectivity index is 1.30. The molecule has 0 spiro atoms. The number of aromatic nitrogens is 1. The first kappa shape index (κ1) is 17.7. The fraction of sp³-hybridized carbons (Fsp3) is 0.333. The summed E-state index contributed by atoms with van der Waals surface area (Å²) in [5.74, 6) is 1.61. The normalized spacial score (nSPS) is 18.4. The van der Waals surface area contributed by atoms with E-state index in [9.17, 15) is 0 Å². The second-order valence-electron chi connectivity index (χ2n) is 7.07. The lowest BCUT2D eigenvalue weighted by Gasteiger charge is -2.36. The van der Waals surface area contributed by atoms with Gasteiger partial charge in [0.15, 0.2) is 16.6 Å². The van der Waals surface area contributed by atoms with E-state index in [1.54, 1.807) is 11.3 Å². The molecule has 0 saturated carbocycles. The van der Waals surface area contributed by atoms with Gasteiger partial charge in [0.2, 0.25) is 6.79 Å². The molecule has 1 N–H and O–H groups in total. The maximum Gasteiger partial charge on any atom is 0.231 e. The molecule has 144 valence electrons. The summed E-state index contributed by atoms with van der Waals surface area (Å²) in [7, 11) is 0. The van der Waals surface area contributed by atoms with E-state index in [0.29, 0.717) is 13.3 Å². The van der Waals surface area contributed by atoms with Gasteiger partial charge in [0, 0.05) is 13.1 Å². The first-order chi connectivity index (χ1) is 13.8. The van der Waals surface area contributed by atoms with Crippen molar-refractivity contribution < 1.29 is 9.47 Å². The number of rotatable bonds is 3. The number of para-hydroxylation sites is 1. The first-order valence-corrected chi connectivity index (χ1v) is 10.8. The number of nitrogens with zero attached hydrogens (tertiary/aromatic N) is 2. The van der Waals surface area contributed by atoms with Crippen molar-refractivity contribution in [1.29, 1.82) is 0 Å². The molecular formula is C21H21N3O2S2. The summed E-state index contributed by atoms with van der Waals surface area (Å²) in [4.78, 5) is 7.19. The maximum atomic E-state index is 5.77. The molecule has 0 bridgehead atoms. The predicted molar refractivity (Wildman–Crippen MR) is 115 cm³/mol. The molecule has 1 aromatic heterocycles. The van der Waals surface area contributed by atoms with Crippen molar-refractivity contribution in [3.63, 3.8) is 0 Å². The predicted octanol–water partition coefficient (Wildman–Crippen LogP) is 4.63. The Morgan fingerprint density at radius 3 is 3.00 bits per heavy atom. The lowest BCUT2D eigenvalue weighted by Crippen LogP contribution is -2.44. The van der Waals surface area contributed by atoms with Gasteiger partial charge in [-0.2, -0.15) is 0 Å². The second-order valence-corrected chi connectivity index (χ2v) is 8.52. The summed E-state index contributed by atoms with van der Waals surface area (Å²) in [6.45, 7) is 1.92. The Kier molecular flexibility index (Phi) is 4.78. The molecule has 1 atom stereocenters. The number of thiocarbonyl (C=S) groups is 1. The minimum atomic E-state index is 0.253. The minimum Gasteiger partial charge on any atom is -0.454 e. The highest BCUT2D eigenvalue weighted by atomic mass is 32.1. The third-order valence-corrected chi connectivity index (χ3v) is 6.76. The highest BCUT2D eigenvalue weighted by molar-refractivity contribution is 7.80. The molecule has 2 aromatic carbocycles. The van der Waals surface area contributed by atoms with Gasteiger partial charge in [-0.05, 0) is 61.3 Å². The molecule has 2 aliphatic rings. The van der Waals surface area contributed by atoms with Crippen LogP contribution in [0.2, 0.25) is 0 Å². The highest BCUT2D eigenvalue weighted by Crippen LogP contribution is 2.36. The molecule has 3 heterocycles. The molecule has 28 heavy (non-hydrogen) atoms. The van der Waals surface area contributed by atoms with Crippen molar-refractivity contribution in [2.24, 2.45) is 0 Å². The summed E-state index contributed by atoms with van der Waals surface area (Å²) in [5, 5.41) is 5.38. The summed E-state index contributed by atoms with van der Waals surface area (Å²) in [6, 6.07) is 14.6. The minimum absolute atomic E-state index is 0.253. The van der Waals surface area contributed by atoms with Crippen LogP contribution in [0.5, 0.6) is 11.5 Å². The monoisotopic (exact) mass is 411 g/mol. The van der Waals surface area contributed by atoms with E-state index in [1.807, 2.05) is 24.3 Å². The molecular weight excluding hydrogens is 390 g/mol. The summed E-state index contributed by atoms with van der Waals surface area (Å²) in [6.07, 6.45) is 3.46. The lowest BCUT2D eigenvalue weighted by molar-refractivity contribution is 0.174. The van der Waals surface area contributed by atoms with Gasteiger partial charge in [-0.1, -0.05) is 18.2 Å². The average Bonchev–Trinajstić information content (AvgIpc) is 3.38. The highest BCUT2D eigenvalue weighted by Gasteiger charge is 2.28. The second kappa shape index (κ2) is 7.56. The quantitative estimate of drug-likeness (QED) is 0.634. The van der Waals surface area contributed by atoms with Crippen molar-refractivity contribution in [3.8, 4) is 11.5 Å². The van der Waals surface area contributed by atoms with Crippen molar-refractivity contribution in [2.75, 3.05) is 13.3 Å². The van der Waals surface area contributed by atoms with Crippen molar-refractivity contribution in [1.82, 2.24) is 15.2 Å². The van der Waals surface area contributed by atoms with Crippen LogP contribution in [0.25, 0.3) is 10.2 Å². The first-order valence-electron chi connectivity index (χ1n) is 9.56. The molecule has 5 nitrogen and oxygen atoms in total. The zero-order valence-electron chi connectivity index (χ0n) is 15.4. The van der Waals surface area contributed by atoms with Gasteiger partial charge in [0.25, 0.3) is 0 Å². The van der Waals surface area contributed by atoms with E-state index in [0.717, 1.165) is 52.1 Å². The molecule has 0 unspecified atom stereocenters. The van der Waals surface area contributed by atoms with Crippen LogP contribution in [0.1, 0.15) is 35.9 Å². The van der Waals surface area contributed by atoms with Crippen molar-refractivity contribution in [3.05, 3.63) is 53.0 Å². The van der Waals surface area contributed by atoms with E-state index in [-0.39, 0.29) is 6.04 Å². The van der Waals surface area contributed by atoms with Gasteiger partial charge in [0.1, 0.15) is 5.01 Å². The van der Waals surface area contributed by atoms with E-state index in [2.05, 4.69) is 28.4 Å². The molecule has 5 rings (SSSR count). The number of ether oxygens (including phenoxy) is 2. The van der Waals surface area contributed by atoms with E-state index >= 15 is 0 Å². The Bertz CT molecular complexity index is 987. The number of fused-ring (bicyclic) bond motifs is 2. The Morgan fingerprint density at radius 1 is 1.18 bits per heavy atom. The molecule has 0 amide bonds. The molecule has 0 radical (unpaired) electrons. The fourth-order valence-electron chi connectivity index (χ4n) is 3.79. The number of hydrogen-bond donors (Lipinski definition) is 1. The molecule has 1 fully saturated rings. The third-order valence-electron chi connectivity index (χ3n) is 5.24. The van der Waals surface area contributed by atoms with Gasteiger partial charge in [0.05, 0.1) is 16.3 Å². The van der Waals surface area contributed by atoms with E-state index in [4.69, 9.17) is 26.7 Å². The summed E-state index contributed by atoms with van der Waals surface area (Å²) < 4.78 is 12.1. The maximum absolute atomic E-state index is 5.77. The van der Waals surface area contributed by atoms with E-state index < -0.39 is 0 Å². The number of piperidine rings is 1. The van der Waals surface area contributed by atoms with Crippen molar-refractivity contribution in [2.45, 2.75) is 31.8 Å². The Labute approximate surface area is 173 Å². The van der Waals surface area contributed by atoms with Crippen LogP contribution in [0.4, 0.5) is 0 Å². The summed E-state index contributed by atoms with van der Waals surface area (Å²) in [5.41, 5.74) is 2.20. The third kappa shape index (κ3) is 3.40. The topological polar surface area (TPSA) is 46.6 Å².